The third-order valence-corrected chi connectivity index (χ3v) is 5.41. The molecule has 8 heteroatoms. The number of amides is 1. The fraction of sp³-hybridized carbons (Fsp3) is 0.286. The van der Waals surface area contributed by atoms with E-state index in [0.717, 1.165) is 17.4 Å². The monoisotopic (exact) mass is 413 g/mol. The van der Waals surface area contributed by atoms with Crippen LogP contribution < -0.4 is 16.0 Å². The van der Waals surface area contributed by atoms with Gasteiger partial charge in [0.25, 0.3) is 5.56 Å². The molecule has 0 radical (unpaired) electrons. The lowest BCUT2D eigenvalue weighted by atomic mass is 10.2. The van der Waals surface area contributed by atoms with Crippen LogP contribution in [-0.2, 0) is 11.3 Å². The van der Waals surface area contributed by atoms with Crippen LogP contribution in [0.1, 0.15) is 12.8 Å². The Labute approximate surface area is 171 Å². The van der Waals surface area contributed by atoms with E-state index in [9.17, 15) is 14.4 Å². The van der Waals surface area contributed by atoms with Crippen molar-refractivity contribution in [1.29, 1.82) is 0 Å². The first-order valence-electron chi connectivity index (χ1n) is 9.37. The number of ether oxygens (including phenoxy) is 1. The Kier molecular flexibility index (Phi) is 5.15. The summed E-state index contributed by atoms with van der Waals surface area (Å²) in [5.74, 6) is 0.367. The number of rotatable bonds is 4. The second-order valence-electron chi connectivity index (χ2n) is 6.96. The van der Waals surface area contributed by atoms with Crippen molar-refractivity contribution in [2.75, 3.05) is 20.2 Å². The van der Waals surface area contributed by atoms with Crippen LogP contribution >= 0.6 is 11.6 Å². The molecule has 150 valence electrons. The van der Waals surface area contributed by atoms with Crippen molar-refractivity contribution in [3.63, 3.8) is 0 Å². The Morgan fingerprint density at radius 3 is 2.59 bits per heavy atom. The molecule has 7 nitrogen and oxygen atoms in total. The summed E-state index contributed by atoms with van der Waals surface area (Å²) in [6.45, 7) is 1.21. The molecule has 0 spiro atoms. The molecule has 0 aliphatic carbocycles. The van der Waals surface area contributed by atoms with Gasteiger partial charge in [0.2, 0.25) is 5.91 Å². The summed E-state index contributed by atoms with van der Waals surface area (Å²) in [4.78, 5) is 41.0. The Morgan fingerprint density at radius 2 is 1.86 bits per heavy atom. The average Bonchev–Trinajstić information content (AvgIpc) is 3.26. The minimum absolute atomic E-state index is 0.151. The SMILES string of the molecule is COc1cccc(-n2c(=O)c3ccc(Cl)cc3n(CC(=O)N3CCCC3)c2=O)c1. The second kappa shape index (κ2) is 7.75. The summed E-state index contributed by atoms with van der Waals surface area (Å²) in [5, 5.41) is 0.698. The molecule has 1 aliphatic rings. The summed E-state index contributed by atoms with van der Waals surface area (Å²) in [5.41, 5.74) is -0.344. The van der Waals surface area contributed by atoms with Crippen molar-refractivity contribution in [2.45, 2.75) is 19.4 Å². The van der Waals surface area contributed by atoms with Crippen LogP contribution in [0.25, 0.3) is 16.6 Å². The summed E-state index contributed by atoms with van der Waals surface area (Å²) >= 11 is 6.12. The minimum atomic E-state index is -0.592. The Bertz CT molecular complexity index is 1210. The first kappa shape index (κ1) is 19.3. The summed E-state index contributed by atoms with van der Waals surface area (Å²) in [7, 11) is 1.51. The largest absolute Gasteiger partial charge is 0.497 e. The number of hydrogen-bond acceptors (Lipinski definition) is 4. The number of carbonyl (C=O) groups is 1. The van der Waals surface area contributed by atoms with Gasteiger partial charge in [-0.2, -0.15) is 0 Å². The molecule has 0 unspecified atom stereocenters. The highest BCUT2D eigenvalue weighted by Crippen LogP contribution is 2.19. The van der Waals surface area contributed by atoms with Crippen LogP contribution in [-0.4, -0.2) is 40.1 Å². The molecule has 2 heterocycles. The number of carbonyl (C=O) groups excluding carboxylic acids is 1. The molecular formula is C21H20ClN3O4. The van der Waals surface area contributed by atoms with Crippen molar-refractivity contribution in [2.24, 2.45) is 0 Å². The molecule has 1 aliphatic heterocycles. The molecule has 0 bridgehead atoms. The van der Waals surface area contributed by atoms with Gasteiger partial charge < -0.3 is 9.64 Å². The molecule has 4 rings (SSSR count). The van der Waals surface area contributed by atoms with E-state index >= 15 is 0 Å². The van der Waals surface area contributed by atoms with Crippen molar-refractivity contribution < 1.29 is 9.53 Å². The third kappa shape index (κ3) is 3.53. The summed E-state index contributed by atoms with van der Waals surface area (Å²) in [6.07, 6.45) is 1.91. The van der Waals surface area contributed by atoms with E-state index in [1.54, 1.807) is 47.4 Å². The third-order valence-electron chi connectivity index (χ3n) is 5.17. The van der Waals surface area contributed by atoms with Crippen LogP contribution in [0.15, 0.2) is 52.1 Å². The van der Waals surface area contributed by atoms with Crippen molar-refractivity contribution in [1.82, 2.24) is 14.0 Å². The number of aromatic nitrogens is 2. The maximum absolute atomic E-state index is 13.3. The normalized spacial score (nSPS) is 13.8. The van der Waals surface area contributed by atoms with E-state index in [1.807, 2.05) is 0 Å². The number of halogens is 1. The molecule has 1 aromatic heterocycles. The van der Waals surface area contributed by atoms with Gasteiger partial charge in [-0.25, -0.2) is 9.36 Å². The minimum Gasteiger partial charge on any atom is -0.497 e. The second-order valence-corrected chi connectivity index (χ2v) is 7.40. The molecule has 1 fully saturated rings. The molecule has 1 saturated heterocycles. The highest BCUT2D eigenvalue weighted by atomic mass is 35.5. The fourth-order valence-corrected chi connectivity index (χ4v) is 3.84. The maximum atomic E-state index is 13.3. The molecule has 1 amide bonds. The lowest BCUT2D eigenvalue weighted by Gasteiger charge is -2.18. The zero-order chi connectivity index (χ0) is 20.5. The van der Waals surface area contributed by atoms with Crippen molar-refractivity contribution in [3.05, 3.63) is 68.3 Å². The van der Waals surface area contributed by atoms with E-state index < -0.39 is 11.2 Å². The van der Waals surface area contributed by atoms with E-state index in [-0.39, 0.29) is 12.5 Å². The number of likely N-dealkylation sites (tertiary alicyclic amines) is 1. The molecule has 0 N–H and O–H groups in total. The van der Waals surface area contributed by atoms with E-state index in [4.69, 9.17) is 16.3 Å². The van der Waals surface area contributed by atoms with Crippen molar-refractivity contribution >= 4 is 28.4 Å². The topological polar surface area (TPSA) is 73.5 Å². The number of benzene rings is 2. The van der Waals surface area contributed by atoms with Gasteiger partial charge in [-0.15, -0.1) is 0 Å². The Hall–Kier alpha value is -3.06. The number of fused-ring (bicyclic) bond motifs is 1. The van der Waals surface area contributed by atoms with E-state index in [2.05, 4.69) is 0 Å². The van der Waals surface area contributed by atoms with Crippen LogP contribution in [0.3, 0.4) is 0 Å². The number of methoxy groups -OCH3 is 1. The first-order valence-corrected chi connectivity index (χ1v) is 9.74. The Balaban J connectivity index is 1.95. The van der Waals surface area contributed by atoms with E-state index in [1.165, 1.54) is 11.7 Å². The molecule has 0 atom stereocenters. The predicted molar refractivity (Wildman–Crippen MR) is 111 cm³/mol. The summed E-state index contributed by atoms with van der Waals surface area (Å²) in [6, 6.07) is 11.4. The Morgan fingerprint density at radius 1 is 1.10 bits per heavy atom. The van der Waals surface area contributed by atoms with E-state index in [0.29, 0.717) is 40.5 Å². The summed E-state index contributed by atoms with van der Waals surface area (Å²) < 4.78 is 7.61. The van der Waals surface area contributed by atoms with Gasteiger partial charge >= 0.3 is 5.69 Å². The van der Waals surface area contributed by atoms with Gasteiger partial charge in [0.05, 0.1) is 23.7 Å². The number of hydrogen-bond donors (Lipinski definition) is 0. The highest BCUT2D eigenvalue weighted by molar-refractivity contribution is 6.31. The van der Waals surface area contributed by atoms with Crippen LogP contribution in [0.5, 0.6) is 5.75 Å². The van der Waals surface area contributed by atoms with Gasteiger partial charge in [-0.3, -0.25) is 14.2 Å². The highest BCUT2D eigenvalue weighted by Gasteiger charge is 2.22. The first-order chi connectivity index (χ1) is 14.0. The average molecular weight is 414 g/mol. The number of nitrogens with zero attached hydrogens (tertiary/aromatic N) is 3. The lowest BCUT2D eigenvalue weighted by molar-refractivity contribution is -0.130. The molecule has 29 heavy (non-hydrogen) atoms. The van der Waals surface area contributed by atoms with Gasteiger partial charge in [-0.1, -0.05) is 17.7 Å². The lowest BCUT2D eigenvalue weighted by Crippen LogP contribution is -2.42. The smallest absolute Gasteiger partial charge is 0.336 e. The van der Waals surface area contributed by atoms with Gasteiger partial charge in [0, 0.05) is 24.2 Å². The zero-order valence-electron chi connectivity index (χ0n) is 15.9. The van der Waals surface area contributed by atoms with Crippen molar-refractivity contribution in [3.8, 4) is 11.4 Å². The van der Waals surface area contributed by atoms with Gasteiger partial charge in [0.15, 0.2) is 0 Å². The van der Waals surface area contributed by atoms with Gasteiger partial charge in [0.1, 0.15) is 12.3 Å². The maximum Gasteiger partial charge on any atom is 0.336 e. The molecular weight excluding hydrogens is 394 g/mol. The molecule has 0 saturated carbocycles. The predicted octanol–water partition coefficient (Wildman–Crippen LogP) is 2.44. The van der Waals surface area contributed by atoms with Gasteiger partial charge in [-0.05, 0) is 43.2 Å². The van der Waals surface area contributed by atoms with Crippen LogP contribution in [0.4, 0.5) is 0 Å². The molecule has 2 aromatic carbocycles. The van der Waals surface area contributed by atoms with Crippen LogP contribution in [0.2, 0.25) is 5.02 Å². The standard InChI is InChI=1S/C21H20ClN3O4/c1-29-16-6-4-5-15(12-16)25-20(27)17-8-7-14(22)11-18(17)24(21(25)28)13-19(26)23-9-2-3-10-23/h4-8,11-12H,2-3,9-10,13H2,1H3. The fourth-order valence-electron chi connectivity index (χ4n) is 3.67. The quantitative estimate of drug-likeness (QED) is 0.658. The van der Waals surface area contributed by atoms with Crippen LogP contribution in [0, 0.1) is 0 Å². The zero-order valence-corrected chi connectivity index (χ0v) is 16.7. The molecule has 3 aromatic rings.